The lowest BCUT2D eigenvalue weighted by molar-refractivity contribution is -0.140. The molecule has 0 fully saturated rings. The Kier molecular flexibility index (Phi) is 10.4. The highest BCUT2D eigenvalue weighted by molar-refractivity contribution is 7.92. The molecule has 0 spiro atoms. The molecule has 0 bridgehead atoms. The van der Waals surface area contributed by atoms with Crippen molar-refractivity contribution in [2.24, 2.45) is 0 Å². The minimum absolute atomic E-state index is 0.108. The van der Waals surface area contributed by atoms with Crippen LogP contribution >= 0.6 is 23.2 Å². The molecule has 0 unspecified atom stereocenters. The Bertz CT molecular complexity index is 1420. The van der Waals surface area contributed by atoms with E-state index in [-0.39, 0.29) is 40.3 Å². The molecule has 3 aromatic rings. The minimum Gasteiger partial charge on any atom is -0.352 e. The number of nitrogens with one attached hydrogen (secondary N) is 1. The third-order valence-corrected chi connectivity index (χ3v) is 7.75. The highest BCUT2D eigenvalue weighted by Gasteiger charge is 2.33. The maximum absolute atomic E-state index is 14.7. The standard InChI is InChI=1S/C28H30Cl2FN3O4S/c1-19(2)32-28(36)26(15-20-9-5-4-6-10-20)33(17-21-11-7-8-12-25(21)31)27(35)18-34(39(3,37)38)22-13-14-23(29)24(30)16-22/h4-14,16,19,26H,15,17-18H2,1-3H3,(H,32,36)/t26-/m1/s1. The summed E-state index contributed by atoms with van der Waals surface area (Å²) in [6.45, 7) is 2.67. The number of carbonyl (C=O) groups is 2. The zero-order chi connectivity index (χ0) is 28.7. The molecule has 0 aliphatic rings. The van der Waals surface area contributed by atoms with Gasteiger partial charge in [0.1, 0.15) is 18.4 Å². The maximum atomic E-state index is 14.7. The second-order valence-corrected chi connectivity index (χ2v) is 12.1. The lowest BCUT2D eigenvalue weighted by Gasteiger charge is -2.34. The van der Waals surface area contributed by atoms with Gasteiger partial charge in [-0.05, 0) is 43.7 Å². The molecule has 1 N–H and O–H groups in total. The summed E-state index contributed by atoms with van der Waals surface area (Å²) < 4.78 is 41.2. The number of anilines is 1. The smallest absolute Gasteiger partial charge is 0.244 e. The van der Waals surface area contributed by atoms with Crippen molar-refractivity contribution in [2.45, 2.75) is 38.9 Å². The SMILES string of the molecule is CC(C)NC(=O)[C@@H](Cc1ccccc1)N(Cc1ccccc1F)C(=O)CN(c1ccc(Cl)c(Cl)c1)S(C)(=O)=O. The molecule has 0 aliphatic heterocycles. The van der Waals surface area contributed by atoms with Gasteiger partial charge in [-0.3, -0.25) is 13.9 Å². The Balaban J connectivity index is 2.08. The van der Waals surface area contributed by atoms with Gasteiger partial charge < -0.3 is 10.2 Å². The summed E-state index contributed by atoms with van der Waals surface area (Å²) in [5.41, 5.74) is 1.08. The molecule has 0 saturated carbocycles. The topological polar surface area (TPSA) is 86.8 Å². The van der Waals surface area contributed by atoms with Gasteiger partial charge in [0.2, 0.25) is 21.8 Å². The van der Waals surface area contributed by atoms with Crippen molar-refractivity contribution in [3.63, 3.8) is 0 Å². The Hall–Kier alpha value is -3.14. The van der Waals surface area contributed by atoms with Crippen molar-refractivity contribution in [1.82, 2.24) is 10.2 Å². The van der Waals surface area contributed by atoms with Crippen LogP contribution in [0, 0.1) is 5.82 Å². The van der Waals surface area contributed by atoms with Gasteiger partial charge in [0.15, 0.2) is 0 Å². The Morgan fingerprint density at radius 2 is 1.59 bits per heavy atom. The third kappa shape index (κ3) is 8.42. The second kappa shape index (κ2) is 13.3. The summed E-state index contributed by atoms with van der Waals surface area (Å²) in [4.78, 5) is 28.6. The van der Waals surface area contributed by atoms with Crippen molar-refractivity contribution < 1.29 is 22.4 Å². The minimum atomic E-state index is -3.97. The van der Waals surface area contributed by atoms with Crippen molar-refractivity contribution in [1.29, 1.82) is 0 Å². The molecule has 11 heteroatoms. The second-order valence-electron chi connectivity index (χ2n) is 9.35. The van der Waals surface area contributed by atoms with E-state index in [1.807, 2.05) is 30.3 Å². The van der Waals surface area contributed by atoms with E-state index in [0.717, 1.165) is 16.1 Å². The fourth-order valence-corrected chi connectivity index (χ4v) is 5.13. The van der Waals surface area contributed by atoms with Gasteiger partial charge >= 0.3 is 0 Å². The van der Waals surface area contributed by atoms with Crippen molar-refractivity contribution >= 4 is 50.7 Å². The van der Waals surface area contributed by atoms with Crippen LogP contribution in [-0.4, -0.2) is 50.0 Å². The number of benzene rings is 3. The third-order valence-electron chi connectivity index (χ3n) is 5.87. The van der Waals surface area contributed by atoms with Crippen LogP contribution in [0.1, 0.15) is 25.0 Å². The van der Waals surface area contributed by atoms with E-state index in [1.54, 1.807) is 19.9 Å². The Morgan fingerprint density at radius 3 is 2.18 bits per heavy atom. The molecule has 0 aliphatic carbocycles. The number of sulfonamides is 1. The first-order valence-electron chi connectivity index (χ1n) is 12.2. The van der Waals surface area contributed by atoms with Gasteiger partial charge in [-0.2, -0.15) is 0 Å². The normalized spacial score (nSPS) is 12.2. The summed E-state index contributed by atoms with van der Waals surface area (Å²) in [7, 11) is -3.97. The van der Waals surface area contributed by atoms with E-state index in [9.17, 15) is 22.4 Å². The lowest BCUT2D eigenvalue weighted by atomic mass is 10.0. The van der Waals surface area contributed by atoms with Crippen LogP contribution < -0.4 is 9.62 Å². The van der Waals surface area contributed by atoms with Crippen LogP contribution in [0.3, 0.4) is 0 Å². The number of halogens is 3. The predicted octanol–water partition coefficient (Wildman–Crippen LogP) is 5.06. The molecule has 3 aromatic carbocycles. The molecule has 0 radical (unpaired) electrons. The number of carbonyl (C=O) groups excluding carboxylic acids is 2. The quantitative estimate of drug-likeness (QED) is 0.336. The van der Waals surface area contributed by atoms with Crippen LogP contribution in [0.15, 0.2) is 72.8 Å². The van der Waals surface area contributed by atoms with Gasteiger partial charge in [-0.25, -0.2) is 12.8 Å². The van der Waals surface area contributed by atoms with Crippen LogP contribution in [0.25, 0.3) is 0 Å². The largest absolute Gasteiger partial charge is 0.352 e. The van der Waals surface area contributed by atoms with Gasteiger partial charge in [0.25, 0.3) is 0 Å². The van der Waals surface area contributed by atoms with E-state index >= 15 is 0 Å². The van der Waals surface area contributed by atoms with E-state index < -0.39 is 40.2 Å². The zero-order valence-corrected chi connectivity index (χ0v) is 24.1. The molecular weight excluding hydrogens is 564 g/mol. The first-order chi connectivity index (χ1) is 18.4. The van der Waals surface area contributed by atoms with Crippen molar-refractivity contribution in [3.05, 3.63) is 99.8 Å². The number of amides is 2. The average Bonchev–Trinajstić information content (AvgIpc) is 2.87. The molecule has 39 heavy (non-hydrogen) atoms. The molecule has 1 atom stereocenters. The fraction of sp³-hybridized carbons (Fsp3) is 0.286. The van der Waals surface area contributed by atoms with Gasteiger partial charge in [-0.1, -0.05) is 71.7 Å². The molecule has 0 heterocycles. The van der Waals surface area contributed by atoms with Gasteiger partial charge in [0.05, 0.1) is 22.0 Å². The van der Waals surface area contributed by atoms with Gasteiger partial charge in [0, 0.05) is 24.6 Å². The molecule has 7 nitrogen and oxygen atoms in total. The Labute approximate surface area is 238 Å². The zero-order valence-electron chi connectivity index (χ0n) is 21.8. The maximum Gasteiger partial charge on any atom is 0.244 e. The summed E-state index contributed by atoms with van der Waals surface area (Å²) in [5.74, 6) is -1.70. The lowest BCUT2D eigenvalue weighted by Crippen LogP contribution is -2.54. The summed E-state index contributed by atoms with van der Waals surface area (Å²) >= 11 is 12.1. The van der Waals surface area contributed by atoms with Crippen LogP contribution in [0.4, 0.5) is 10.1 Å². The highest BCUT2D eigenvalue weighted by Crippen LogP contribution is 2.29. The van der Waals surface area contributed by atoms with Crippen LogP contribution in [0.5, 0.6) is 0 Å². The van der Waals surface area contributed by atoms with E-state index in [4.69, 9.17) is 23.2 Å². The van der Waals surface area contributed by atoms with Crippen LogP contribution in [0.2, 0.25) is 10.0 Å². The van der Waals surface area contributed by atoms with Crippen molar-refractivity contribution in [2.75, 3.05) is 17.1 Å². The molecule has 0 aromatic heterocycles. The van der Waals surface area contributed by atoms with Crippen molar-refractivity contribution in [3.8, 4) is 0 Å². The molecule has 3 rings (SSSR count). The summed E-state index contributed by atoms with van der Waals surface area (Å²) in [5, 5.41) is 3.16. The van der Waals surface area contributed by atoms with Gasteiger partial charge in [-0.15, -0.1) is 0 Å². The molecular formula is C28H30Cl2FN3O4S. The predicted molar refractivity (Wildman–Crippen MR) is 153 cm³/mol. The van der Waals surface area contributed by atoms with E-state index in [2.05, 4.69) is 5.32 Å². The number of rotatable bonds is 11. The fourth-order valence-electron chi connectivity index (χ4n) is 4.00. The monoisotopic (exact) mass is 593 g/mol. The number of nitrogens with zero attached hydrogens (tertiary/aromatic N) is 2. The summed E-state index contributed by atoms with van der Waals surface area (Å²) in [6.07, 6.45) is 1.09. The number of hydrogen-bond acceptors (Lipinski definition) is 4. The first-order valence-corrected chi connectivity index (χ1v) is 14.8. The van der Waals surface area contributed by atoms with E-state index in [0.29, 0.717) is 0 Å². The summed E-state index contributed by atoms with van der Waals surface area (Å²) in [6, 6.07) is 17.9. The molecule has 208 valence electrons. The molecule has 2 amide bonds. The van der Waals surface area contributed by atoms with E-state index in [1.165, 1.54) is 41.3 Å². The first kappa shape index (κ1) is 30.4. The number of hydrogen-bond donors (Lipinski definition) is 1. The molecule has 0 saturated heterocycles. The average molecular weight is 595 g/mol. The highest BCUT2D eigenvalue weighted by atomic mass is 35.5. The van der Waals surface area contributed by atoms with Crippen LogP contribution in [-0.2, 0) is 32.6 Å². The Morgan fingerprint density at radius 1 is 0.949 bits per heavy atom.